The maximum atomic E-state index is 12.9. The predicted octanol–water partition coefficient (Wildman–Crippen LogP) is 2.49. The van der Waals surface area contributed by atoms with Gasteiger partial charge in [-0.2, -0.15) is 4.31 Å². The second kappa shape index (κ2) is 6.56. The van der Waals surface area contributed by atoms with E-state index in [1.807, 2.05) is 6.92 Å². The van der Waals surface area contributed by atoms with Crippen molar-refractivity contribution in [2.45, 2.75) is 17.9 Å². The van der Waals surface area contributed by atoms with Crippen molar-refractivity contribution in [2.24, 2.45) is 0 Å². The zero-order valence-electron chi connectivity index (χ0n) is 12.4. The van der Waals surface area contributed by atoms with E-state index in [1.165, 1.54) is 43.4 Å². The van der Waals surface area contributed by atoms with Gasteiger partial charge in [0, 0.05) is 13.6 Å². The number of hydrogen-bond acceptors (Lipinski definition) is 3. The molecule has 0 saturated heterocycles. The van der Waals surface area contributed by atoms with Crippen molar-refractivity contribution in [3.8, 4) is 0 Å². The Kier molecular flexibility index (Phi) is 4.95. The molecule has 0 heterocycles. The fraction of sp³-hybridized carbons (Fsp3) is 0.250. The minimum atomic E-state index is -3.67. The summed E-state index contributed by atoms with van der Waals surface area (Å²) in [7, 11) is -2.26. The van der Waals surface area contributed by atoms with Gasteiger partial charge in [0.25, 0.3) is 0 Å². The van der Waals surface area contributed by atoms with E-state index >= 15 is 0 Å². The van der Waals surface area contributed by atoms with Crippen LogP contribution in [-0.2, 0) is 10.0 Å². The Bertz CT molecular complexity index is 727. The van der Waals surface area contributed by atoms with Gasteiger partial charge in [-0.25, -0.2) is 12.8 Å². The molecule has 0 saturated carbocycles. The molecule has 0 spiro atoms. The highest BCUT2D eigenvalue weighted by Gasteiger charge is 2.23. The van der Waals surface area contributed by atoms with Gasteiger partial charge in [0.05, 0.1) is 11.0 Å². The number of aliphatic hydroxyl groups excluding tert-OH is 1. The number of sulfonamides is 1. The SMILES string of the molecule is Cc1ccc(S(=O)(=O)N(C)CC(O)c2ccc(F)cc2)cc1. The number of nitrogens with zero attached hydrogens (tertiary/aromatic N) is 1. The van der Waals surface area contributed by atoms with E-state index in [9.17, 15) is 17.9 Å². The number of hydrogen-bond donors (Lipinski definition) is 1. The van der Waals surface area contributed by atoms with E-state index in [-0.39, 0.29) is 11.4 Å². The van der Waals surface area contributed by atoms with E-state index in [0.29, 0.717) is 5.56 Å². The first-order valence-corrected chi connectivity index (χ1v) is 8.21. The Hall–Kier alpha value is -1.76. The van der Waals surface area contributed by atoms with Crippen molar-refractivity contribution in [2.75, 3.05) is 13.6 Å². The molecule has 1 N–H and O–H groups in total. The standard InChI is InChI=1S/C16H18FNO3S/c1-12-3-9-15(10-4-12)22(20,21)18(2)11-16(19)13-5-7-14(17)8-6-13/h3-10,16,19H,11H2,1-2H3. The average molecular weight is 323 g/mol. The van der Waals surface area contributed by atoms with Gasteiger partial charge in [-0.1, -0.05) is 29.8 Å². The van der Waals surface area contributed by atoms with Gasteiger partial charge in [0.2, 0.25) is 10.0 Å². The normalized spacial score (nSPS) is 13.3. The second-order valence-electron chi connectivity index (χ2n) is 5.17. The number of benzene rings is 2. The lowest BCUT2D eigenvalue weighted by atomic mass is 10.1. The summed E-state index contributed by atoms with van der Waals surface area (Å²) in [6.07, 6.45) is -1.02. The van der Waals surface area contributed by atoms with Crippen molar-refractivity contribution >= 4 is 10.0 Å². The van der Waals surface area contributed by atoms with Crippen molar-refractivity contribution in [3.05, 3.63) is 65.5 Å². The third-order valence-corrected chi connectivity index (χ3v) is 5.25. The lowest BCUT2D eigenvalue weighted by Gasteiger charge is -2.21. The quantitative estimate of drug-likeness (QED) is 0.920. The zero-order valence-corrected chi connectivity index (χ0v) is 13.2. The molecule has 0 amide bonds. The Balaban J connectivity index is 2.15. The number of aliphatic hydroxyl groups is 1. The van der Waals surface area contributed by atoms with Gasteiger partial charge in [-0.05, 0) is 36.8 Å². The minimum absolute atomic E-state index is 0.109. The molecule has 6 heteroatoms. The summed E-state index contributed by atoms with van der Waals surface area (Å²) in [6.45, 7) is 1.76. The van der Waals surface area contributed by atoms with E-state index in [1.54, 1.807) is 12.1 Å². The van der Waals surface area contributed by atoms with Crippen LogP contribution in [0.4, 0.5) is 4.39 Å². The van der Waals surface area contributed by atoms with Crippen LogP contribution < -0.4 is 0 Å². The maximum Gasteiger partial charge on any atom is 0.242 e. The molecule has 0 bridgehead atoms. The summed E-state index contributed by atoms with van der Waals surface area (Å²) >= 11 is 0. The second-order valence-corrected chi connectivity index (χ2v) is 7.21. The highest BCUT2D eigenvalue weighted by molar-refractivity contribution is 7.89. The summed E-state index contributed by atoms with van der Waals surface area (Å²) < 4.78 is 38.8. The van der Waals surface area contributed by atoms with Gasteiger partial charge in [-0.3, -0.25) is 0 Å². The monoisotopic (exact) mass is 323 g/mol. The number of halogens is 1. The molecule has 2 aromatic carbocycles. The number of rotatable bonds is 5. The number of aryl methyl sites for hydroxylation is 1. The lowest BCUT2D eigenvalue weighted by Crippen LogP contribution is -2.31. The maximum absolute atomic E-state index is 12.9. The van der Waals surface area contributed by atoms with Crippen LogP contribution in [0.5, 0.6) is 0 Å². The molecule has 0 aliphatic heterocycles. The van der Waals surface area contributed by atoms with Crippen molar-refractivity contribution in [3.63, 3.8) is 0 Å². The van der Waals surface area contributed by atoms with Crippen LogP contribution in [0.25, 0.3) is 0 Å². The first-order valence-electron chi connectivity index (χ1n) is 6.77. The van der Waals surface area contributed by atoms with Crippen molar-refractivity contribution < 1.29 is 17.9 Å². The summed E-state index contributed by atoms with van der Waals surface area (Å²) in [5.74, 6) is -0.406. The van der Waals surface area contributed by atoms with Gasteiger partial charge < -0.3 is 5.11 Å². The van der Waals surface area contributed by atoms with Crippen LogP contribution in [0.15, 0.2) is 53.4 Å². The summed E-state index contributed by atoms with van der Waals surface area (Å²) in [4.78, 5) is 0.173. The fourth-order valence-corrected chi connectivity index (χ4v) is 3.20. The Labute approximate surface area is 129 Å². The Morgan fingerprint density at radius 3 is 2.18 bits per heavy atom. The first kappa shape index (κ1) is 16.6. The molecule has 0 fully saturated rings. The van der Waals surface area contributed by atoms with Crippen LogP contribution in [0, 0.1) is 12.7 Å². The average Bonchev–Trinajstić information content (AvgIpc) is 2.48. The predicted molar refractivity (Wildman–Crippen MR) is 82.4 cm³/mol. The highest BCUT2D eigenvalue weighted by Crippen LogP contribution is 2.20. The topological polar surface area (TPSA) is 57.6 Å². The minimum Gasteiger partial charge on any atom is -0.387 e. The first-order chi connectivity index (χ1) is 10.3. The molecule has 2 aromatic rings. The van der Waals surface area contributed by atoms with Gasteiger partial charge in [0.15, 0.2) is 0 Å². The van der Waals surface area contributed by atoms with Gasteiger partial charge in [-0.15, -0.1) is 0 Å². The van der Waals surface area contributed by atoms with Crippen LogP contribution in [-0.4, -0.2) is 31.4 Å². The van der Waals surface area contributed by atoms with E-state index < -0.39 is 21.9 Å². The van der Waals surface area contributed by atoms with Crippen LogP contribution in [0.2, 0.25) is 0 Å². The molecule has 0 radical (unpaired) electrons. The smallest absolute Gasteiger partial charge is 0.242 e. The van der Waals surface area contributed by atoms with E-state index in [4.69, 9.17) is 0 Å². The van der Waals surface area contributed by atoms with E-state index in [0.717, 1.165) is 9.87 Å². The molecule has 0 aliphatic rings. The molecule has 2 rings (SSSR count). The molecule has 22 heavy (non-hydrogen) atoms. The number of likely N-dealkylation sites (N-methyl/N-ethyl adjacent to an activating group) is 1. The van der Waals surface area contributed by atoms with Gasteiger partial charge in [0.1, 0.15) is 5.82 Å². The van der Waals surface area contributed by atoms with Gasteiger partial charge >= 0.3 is 0 Å². The molecule has 0 aliphatic carbocycles. The zero-order chi connectivity index (χ0) is 16.3. The summed E-state index contributed by atoms with van der Waals surface area (Å²) in [5, 5.41) is 10.1. The fourth-order valence-electron chi connectivity index (χ4n) is 2.02. The molecule has 118 valence electrons. The largest absolute Gasteiger partial charge is 0.387 e. The van der Waals surface area contributed by atoms with Crippen LogP contribution in [0.3, 0.4) is 0 Å². The van der Waals surface area contributed by atoms with Crippen molar-refractivity contribution in [1.29, 1.82) is 0 Å². The third kappa shape index (κ3) is 3.71. The molecule has 0 aromatic heterocycles. The van der Waals surface area contributed by atoms with Crippen molar-refractivity contribution in [1.82, 2.24) is 4.31 Å². The van der Waals surface area contributed by atoms with Crippen LogP contribution in [0.1, 0.15) is 17.2 Å². The van der Waals surface area contributed by atoms with E-state index in [2.05, 4.69) is 0 Å². The van der Waals surface area contributed by atoms with Crippen LogP contribution >= 0.6 is 0 Å². The molecule has 4 nitrogen and oxygen atoms in total. The third-order valence-electron chi connectivity index (χ3n) is 3.41. The molecule has 1 unspecified atom stereocenters. The molecular formula is C16H18FNO3S. The summed E-state index contributed by atoms with van der Waals surface area (Å²) in [5.41, 5.74) is 1.43. The Morgan fingerprint density at radius 1 is 1.09 bits per heavy atom. The Morgan fingerprint density at radius 2 is 1.64 bits per heavy atom. The molecule has 1 atom stereocenters. The lowest BCUT2D eigenvalue weighted by molar-refractivity contribution is 0.155. The summed E-state index contributed by atoms with van der Waals surface area (Å²) in [6, 6.07) is 11.8. The highest BCUT2D eigenvalue weighted by atomic mass is 32.2. The molecular weight excluding hydrogens is 305 g/mol.